The van der Waals surface area contributed by atoms with Crippen LogP contribution in [0.5, 0.6) is 0 Å². The van der Waals surface area contributed by atoms with Gasteiger partial charge >= 0.3 is 0 Å². The van der Waals surface area contributed by atoms with Gasteiger partial charge in [0.25, 0.3) is 0 Å². The number of rotatable bonds is 12. The van der Waals surface area contributed by atoms with Gasteiger partial charge in [-0.2, -0.15) is 0 Å². The summed E-state index contributed by atoms with van der Waals surface area (Å²) in [4.78, 5) is 0. The highest BCUT2D eigenvalue weighted by atomic mass is 14.9. The van der Waals surface area contributed by atoms with Crippen molar-refractivity contribution in [3.63, 3.8) is 0 Å². The Morgan fingerprint density at radius 2 is 1.79 bits per heavy atom. The minimum atomic E-state index is 0.571. The molecule has 2 rings (SSSR count). The maximum atomic E-state index is 4.50. The largest absolute Gasteiger partial charge is 0.317 e. The average molecular weight is 460 g/mol. The van der Waals surface area contributed by atoms with Crippen molar-refractivity contribution in [3.8, 4) is 0 Å². The van der Waals surface area contributed by atoms with Gasteiger partial charge in [0.05, 0.1) is 0 Å². The second-order valence-electron chi connectivity index (χ2n) is 10.2. The van der Waals surface area contributed by atoms with Gasteiger partial charge in [-0.25, -0.2) is 0 Å². The molecule has 1 heteroatoms. The van der Waals surface area contributed by atoms with E-state index in [4.69, 9.17) is 0 Å². The van der Waals surface area contributed by atoms with Crippen LogP contribution < -0.4 is 5.32 Å². The zero-order valence-corrected chi connectivity index (χ0v) is 22.3. The van der Waals surface area contributed by atoms with E-state index in [2.05, 4.69) is 87.9 Å². The molecule has 0 aromatic rings. The van der Waals surface area contributed by atoms with Crippen molar-refractivity contribution in [2.45, 2.75) is 85.0 Å². The maximum absolute atomic E-state index is 4.50. The zero-order chi connectivity index (χ0) is 24.6. The molecule has 0 aromatic heterocycles. The number of allylic oxidation sites excluding steroid dienone is 14. The summed E-state index contributed by atoms with van der Waals surface area (Å²) in [7, 11) is 0. The zero-order valence-electron chi connectivity index (χ0n) is 22.3. The van der Waals surface area contributed by atoms with E-state index in [1.165, 1.54) is 72.8 Å². The SMILES string of the molecule is C=CC=C1C=CC(=C/C(C)CCCC)/C(=C\CCCC)/C=C(\CC(=C)CC2CCNCC2)C=C1. The first-order valence-electron chi connectivity index (χ1n) is 13.7. The summed E-state index contributed by atoms with van der Waals surface area (Å²) in [5.74, 6) is 1.35. The summed E-state index contributed by atoms with van der Waals surface area (Å²) in [5, 5.41) is 3.48. The second kappa shape index (κ2) is 16.5. The quantitative estimate of drug-likeness (QED) is 0.226. The molecule has 0 radical (unpaired) electrons. The lowest BCUT2D eigenvalue weighted by atomic mass is 9.88. The van der Waals surface area contributed by atoms with Gasteiger partial charge in [-0.3, -0.25) is 0 Å². The molecule has 1 aliphatic carbocycles. The third-order valence-corrected chi connectivity index (χ3v) is 6.82. The van der Waals surface area contributed by atoms with Crippen LogP contribution in [0.25, 0.3) is 0 Å². The van der Waals surface area contributed by atoms with Gasteiger partial charge in [-0.05, 0) is 85.7 Å². The van der Waals surface area contributed by atoms with E-state index >= 15 is 0 Å². The molecule has 2 aliphatic rings. The van der Waals surface area contributed by atoms with Crippen molar-refractivity contribution in [1.29, 1.82) is 0 Å². The Labute approximate surface area is 210 Å². The molecule has 1 atom stereocenters. The van der Waals surface area contributed by atoms with Crippen molar-refractivity contribution in [3.05, 3.63) is 95.7 Å². The molecule has 1 heterocycles. The van der Waals surface area contributed by atoms with Crippen LogP contribution >= 0.6 is 0 Å². The van der Waals surface area contributed by atoms with Crippen LogP contribution in [0, 0.1) is 11.8 Å². The van der Waals surface area contributed by atoms with Crippen molar-refractivity contribution in [2.75, 3.05) is 13.1 Å². The van der Waals surface area contributed by atoms with Crippen LogP contribution in [0.2, 0.25) is 0 Å². The molecule has 186 valence electrons. The van der Waals surface area contributed by atoms with E-state index in [9.17, 15) is 0 Å². The number of hydrogen-bond acceptors (Lipinski definition) is 1. The summed E-state index contributed by atoms with van der Waals surface area (Å²) in [6.07, 6.45) is 32.4. The Hall–Kier alpha value is -2.12. The molecule has 1 aliphatic heterocycles. The van der Waals surface area contributed by atoms with Crippen molar-refractivity contribution < 1.29 is 0 Å². The molecule has 0 spiro atoms. The van der Waals surface area contributed by atoms with Crippen molar-refractivity contribution in [1.82, 2.24) is 5.32 Å². The Kier molecular flexibility index (Phi) is 13.6. The van der Waals surface area contributed by atoms with E-state index < -0.39 is 0 Å². The fourth-order valence-corrected chi connectivity index (χ4v) is 4.79. The summed E-state index contributed by atoms with van der Waals surface area (Å²) in [5.41, 5.74) is 6.61. The highest BCUT2D eigenvalue weighted by Gasteiger charge is 2.15. The van der Waals surface area contributed by atoms with Crippen molar-refractivity contribution in [2.24, 2.45) is 11.8 Å². The van der Waals surface area contributed by atoms with Crippen LogP contribution in [0.3, 0.4) is 0 Å². The third-order valence-electron chi connectivity index (χ3n) is 6.82. The fourth-order valence-electron chi connectivity index (χ4n) is 4.79. The lowest BCUT2D eigenvalue weighted by Gasteiger charge is -2.23. The van der Waals surface area contributed by atoms with Gasteiger partial charge in [0.15, 0.2) is 0 Å². The van der Waals surface area contributed by atoms with Gasteiger partial charge in [0, 0.05) is 0 Å². The molecule has 34 heavy (non-hydrogen) atoms. The first-order valence-corrected chi connectivity index (χ1v) is 13.7. The van der Waals surface area contributed by atoms with E-state index in [1.807, 2.05) is 6.08 Å². The molecule has 0 amide bonds. The van der Waals surface area contributed by atoms with Crippen LogP contribution in [-0.4, -0.2) is 13.1 Å². The highest BCUT2D eigenvalue weighted by molar-refractivity contribution is 5.54. The van der Waals surface area contributed by atoms with Gasteiger partial charge in [-0.1, -0.05) is 120 Å². The Balaban J connectivity index is 2.37. The highest BCUT2D eigenvalue weighted by Crippen LogP contribution is 2.28. The molecule has 0 saturated carbocycles. The van der Waals surface area contributed by atoms with E-state index in [-0.39, 0.29) is 0 Å². The predicted octanol–water partition coefficient (Wildman–Crippen LogP) is 9.36. The number of nitrogens with one attached hydrogen (secondary N) is 1. The van der Waals surface area contributed by atoms with Gasteiger partial charge in [0.1, 0.15) is 0 Å². The predicted molar refractivity (Wildman–Crippen MR) is 153 cm³/mol. The summed E-state index contributed by atoms with van der Waals surface area (Å²) >= 11 is 0. The Morgan fingerprint density at radius 3 is 2.50 bits per heavy atom. The lowest BCUT2D eigenvalue weighted by molar-refractivity contribution is 0.370. The van der Waals surface area contributed by atoms with Crippen LogP contribution in [0.15, 0.2) is 95.7 Å². The molecule has 1 N–H and O–H groups in total. The van der Waals surface area contributed by atoms with Gasteiger partial charge in [-0.15, -0.1) is 0 Å². The first-order chi connectivity index (χ1) is 16.5. The molecule has 0 bridgehead atoms. The van der Waals surface area contributed by atoms with Gasteiger partial charge in [0.2, 0.25) is 0 Å². The monoisotopic (exact) mass is 459 g/mol. The number of hydrogen-bond donors (Lipinski definition) is 1. The molecular weight excluding hydrogens is 410 g/mol. The second-order valence-corrected chi connectivity index (χ2v) is 10.2. The normalized spacial score (nSPS) is 23.4. The lowest BCUT2D eigenvalue weighted by Crippen LogP contribution is -2.27. The van der Waals surface area contributed by atoms with Crippen LogP contribution in [0.1, 0.15) is 85.0 Å². The fraction of sp³-hybridized carbons (Fsp3) is 0.515. The molecule has 1 nitrogen and oxygen atoms in total. The van der Waals surface area contributed by atoms with Crippen LogP contribution in [0.4, 0.5) is 0 Å². The Morgan fingerprint density at radius 1 is 1.06 bits per heavy atom. The molecular formula is C33H49N. The molecule has 1 fully saturated rings. The average Bonchev–Trinajstić information content (AvgIpc) is 2.89. The molecule has 0 aromatic carbocycles. The van der Waals surface area contributed by atoms with E-state index in [1.54, 1.807) is 0 Å². The van der Waals surface area contributed by atoms with Gasteiger partial charge < -0.3 is 5.32 Å². The first kappa shape index (κ1) is 28.1. The standard InChI is InChI=1S/C33H49N/c1-6-9-11-14-32-26-31(24-28(5)23-30-19-21-34-22-20-30)16-15-29(12-8-3)17-18-33(32)25-27(4)13-10-7-2/h8,12,14-18,25-27,30,34H,3,5-7,9-11,13,19-24H2,1-2,4H3/b16-15?,18-17?,29-12?,31-26-,32-14-,33-25-. The minimum Gasteiger partial charge on any atom is -0.317 e. The Bertz CT molecular complexity index is 821. The minimum absolute atomic E-state index is 0.571. The number of unbranched alkanes of at least 4 members (excludes halogenated alkanes) is 3. The topological polar surface area (TPSA) is 12.0 Å². The van der Waals surface area contributed by atoms with Crippen molar-refractivity contribution >= 4 is 0 Å². The third kappa shape index (κ3) is 10.9. The van der Waals surface area contributed by atoms with E-state index in [0.717, 1.165) is 38.3 Å². The summed E-state index contributed by atoms with van der Waals surface area (Å²) < 4.78 is 0. The van der Waals surface area contributed by atoms with E-state index in [0.29, 0.717) is 5.92 Å². The summed E-state index contributed by atoms with van der Waals surface area (Å²) in [6.45, 7) is 17.6. The smallest absolute Gasteiger partial charge is 0.00462 e. The number of piperidine rings is 1. The molecule has 1 saturated heterocycles. The van der Waals surface area contributed by atoms with Crippen LogP contribution in [-0.2, 0) is 0 Å². The molecule has 1 unspecified atom stereocenters. The maximum Gasteiger partial charge on any atom is -0.00462 e. The summed E-state index contributed by atoms with van der Waals surface area (Å²) in [6, 6.07) is 0.